The van der Waals surface area contributed by atoms with Gasteiger partial charge in [-0.2, -0.15) is 0 Å². The van der Waals surface area contributed by atoms with Crippen molar-refractivity contribution in [2.45, 2.75) is 84.8 Å². The molecule has 166 valence electrons. The number of ketones is 1. The van der Waals surface area contributed by atoms with Gasteiger partial charge >= 0.3 is 0 Å². The number of ether oxygens (including phenoxy) is 1. The van der Waals surface area contributed by atoms with E-state index in [0.717, 1.165) is 31.8 Å². The minimum Gasteiger partial charge on any atom is -0.365 e. The summed E-state index contributed by atoms with van der Waals surface area (Å²) >= 11 is 0. The third kappa shape index (κ3) is 2.87. The highest BCUT2D eigenvalue weighted by molar-refractivity contribution is 6.01. The SMILES string of the molecule is CC(C)CC[C@@]1(O)OC[C@]23CC[C@H]4[C@@H](CCC5=CC(=O)C=C[C@]54C)[C@@H]2CC[C@@H]3[C@@H]1C. The number of carbonyl (C=O) groups excluding carboxylic acids is 1. The predicted octanol–water partition coefficient (Wildman–Crippen LogP) is 5.68. The Morgan fingerprint density at radius 2 is 1.93 bits per heavy atom. The fraction of sp³-hybridized carbons (Fsp3) is 0.815. The fourth-order valence-electron chi connectivity index (χ4n) is 8.58. The van der Waals surface area contributed by atoms with Crippen molar-refractivity contribution in [3.63, 3.8) is 0 Å². The van der Waals surface area contributed by atoms with Crippen LogP contribution in [0.15, 0.2) is 23.8 Å². The third-order valence-corrected chi connectivity index (χ3v) is 10.3. The van der Waals surface area contributed by atoms with E-state index in [1.54, 1.807) is 0 Å². The van der Waals surface area contributed by atoms with Gasteiger partial charge < -0.3 is 9.84 Å². The van der Waals surface area contributed by atoms with Gasteiger partial charge in [0.1, 0.15) is 0 Å². The van der Waals surface area contributed by atoms with Crippen molar-refractivity contribution in [3.05, 3.63) is 23.8 Å². The second kappa shape index (κ2) is 7.04. The van der Waals surface area contributed by atoms with E-state index >= 15 is 0 Å². The number of carbonyl (C=O) groups is 1. The molecule has 0 aromatic heterocycles. The Balaban J connectivity index is 1.40. The fourth-order valence-corrected chi connectivity index (χ4v) is 8.58. The molecule has 8 atom stereocenters. The largest absolute Gasteiger partial charge is 0.365 e. The highest BCUT2D eigenvalue weighted by Crippen LogP contribution is 2.69. The van der Waals surface area contributed by atoms with Crippen LogP contribution in [0.3, 0.4) is 0 Å². The van der Waals surface area contributed by atoms with E-state index < -0.39 is 5.79 Å². The molecule has 1 heterocycles. The topological polar surface area (TPSA) is 46.5 Å². The second-order valence-electron chi connectivity index (χ2n) is 11.9. The molecule has 4 aliphatic carbocycles. The Kier molecular flexibility index (Phi) is 4.91. The quantitative estimate of drug-likeness (QED) is 0.648. The smallest absolute Gasteiger partial charge is 0.178 e. The molecule has 0 bridgehead atoms. The molecule has 0 unspecified atom stereocenters. The Morgan fingerprint density at radius 3 is 2.70 bits per heavy atom. The predicted molar refractivity (Wildman–Crippen MR) is 119 cm³/mol. The van der Waals surface area contributed by atoms with Crippen molar-refractivity contribution in [2.24, 2.45) is 46.3 Å². The molecule has 1 saturated heterocycles. The van der Waals surface area contributed by atoms with Gasteiger partial charge in [-0.3, -0.25) is 4.79 Å². The van der Waals surface area contributed by atoms with Crippen LogP contribution in [-0.4, -0.2) is 23.3 Å². The zero-order chi connectivity index (χ0) is 21.3. The van der Waals surface area contributed by atoms with Gasteiger partial charge in [-0.25, -0.2) is 0 Å². The first kappa shape index (κ1) is 20.9. The summed E-state index contributed by atoms with van der Waals surface area (Å²) in [4.78, 5) is 12.0. The normalized spacial score (nSPS) is 49.9. The van der Waals surface area contributed by atoms with E-state index in [1.165, 1.54) is 37.7 Å². The molecule has 3 nitrogen and oxygen atoms in total. The lowest BCUT2D eigenvalue weighted by atomic mass is 9.46. The van der Waals surface area contributed by atoms with Gasteiger partial charge in [0.15, 0.2) is 11.6 Å². The number of hydrogen-bond acceptors (Lipinski definition) is 3. The molecule has 1 spiro atoms. The Morgan fingerprint density at radius 1 is 1.17 bits per heavy atom. The highest BCUT2D eigenvalue weighted by Gasteiger charge is 2.65. The number of hydrogen-bond donors (Lipinski definition) is 1. The second-order valence-corrected chi connectivity index (χ2v) is 11.9. The third-order valence-electron chi connectivity index (χ3n) is 10.3. The molecule has 1 aliphatic heterocycles. The first-order chi connectivity index (χ1) is 14.2. The summed E-state index contributed by atoms with van der Waals surface area (Å²) in [7, 11) is 0. The van der Waals surface area contributed by atoms with Crippen LogP contribution in [0.1, 0.15) is 79.1 Å². The molecule has 1 N–H and O–H groups in total. The van der Waals surface area contributed by atoms with Gasteiger partial charge in [0.2, 0.25) is 0 Å². The van der Waals surface area contributed by atoms with E-state index in [9.17, 15) is 9.90 Å². The van der Waals surface area contributed by atoms with Gasteiger partial charge in [-0.1, -0.05) is 39.3 Å². The van der Waals surface area contributed by atoms with Crippen molar-refractivity contribution in [3.8, 4) is 0 Å². The summed E-state index contributed by atoms with van der Waals surface area (Å²) in [6, 6.07) is 0. The van der Waals surface area contributed by atoms with E-state index in [0.29, 0.717) is 23.7 Å². The molecular weight excluding hydrogens is 372 g/mol. The van der Waals surface area contributed by atoms with E-state index in [4.69, 9.17) is 4.74 Å². The molecule has 0 amide bonds. The lowest BCUT2D eigenvalue weighted by molar-refractivity contribution is -0.312. The summed E-state index contributed by atoms with van der Waals surface area (Å²) in [5, 5.41) is 11.4. The summed E-state index contributed by atoms with van der Waals surface area (Å²) < 4.78 is 6.41. The summed E-state index contributed by atoms with van der Waals surface area (Å²) in [6.07, 6.45) is 15.0. The molecular formula is C27H40O3. The van der Waals surface area contributed by atoms with Crippen molar-refractivity contribution in [1.29, 1.82) is 0 Å². The number of fused-ring (bicyclic) bond motifs is 4. The van der Waals surface area contributed by atoms with Gasteiger partial charge in [0.25, 0.3) is 0 Å². The van der Waals surface area contributed by atoms with Crippen molar-refractivity contribution in [1.82, 2.24) is 0 Å². The van der Waals surface area contributed by atoms with E-state index in [2.05, 4.69) is 33.8 Å². The van der Waals surface area contributed by atoms with Gasteiger partial charge in [0, 0.05) is 23.2 Å². The summed E-state index contributed by atoms with van der Waals surface area (Å²) in [5.41, 5.74) is 1.70. The molecule has 4 fully saturated rings. The molecule has 3 saturated carbocycles. The molecule has 3 heteroatoms. The number of aliphatic hydroxyl groups is 1. The maximum absolute atomic E-state index is 12.0. The maximum atomic E-state index is 12.0. The molecule has 0 aromatic carbocycles. The molecule has 5 rings (SSSR count). The van der Waals surface area contributed by atoms with Crippen molar-refractivity contribution < 1.29 is 14.6 Å². The van der Waals surface area contributed by atoms with Crippen molar-refractivity contribution >= 4 is 5.78 Å². The average Bonchev–Trinajstić information content (AvgIpc) is 3.11. The van der Waals surface area contributed by atoms with Crippen LogP contribution < -0.4 is 0 Å². The van der Waals surface area contributed by atoms with Crippen molar-refractivity contribution in [2.75, 3.05) is 6.61 Å². The van der Waals surface area contributed by atoms with Crippen LogP contribution >= 0.6 is 0 Å². The van der Waals surface area contributed by atoms with Gasteiger partial charge in [-0.15, -0.1) is 0 Å². The zero-order valence-corrected chi connectivity index (χ0v) is 19.3. The highest BCUT2D eigenvalue weighted by atomic mass is 16.6. The summed E-state index contributed by atoms with van der Waals surface area (Å²) in [5.74, 6) is 2.71. The minimum absolute atomic E-state index is 0.0651. The number of rotatable bonds is 3. The maximum Gasteiger partial charge on any atom is 0.178 e. The average molecular weight is 413 g/mol. The van der Waals surface area contributed by atoms with Crippen LogP contribution in [0.5, 0.6) is 0 Å². The lowest BCUT2D eigenvalue weighted by Crippen LogP contribution is -2.59. The Labute approximate surface area is 182 Å². The van der Waals surface area contributed by atoms with Crippen LogP contribution in [0.4, 0.5) is 0 Å². The Bertz CT molecular complexity index is 781. The monoisotopic (exact) mass is 412 g/mol. The minimum atomic E-state index is -0.938. The van der Waals surface area contributed by atoms with Crippen LogP contribution in [0, 0.1) is 46.3 Å². The van der Waals surface area contributed by atoms with Gasteiger partial charge in [-0.05, 0) is 86.7 Å². The molecule has 0 radical (unpaired) electrons. The Hall–Kier alpha value is -0.930. The lowest BCUT2D eigenvalue weighted by Gasteiger charge is -2.61. The van der Waals surface area contributed by atoms with Gasteiger partial charge in [0.05, 0.1) is 6.61 Å². The van der Waals surface area contributed by atoms with E-state index in [1.807, 2.05) is 12.2 Å². The van der Waals surface area contributed by atoms with E-state index in [-0.39, 0.29) is 22.5 Å². The first-order valence-corrected chi connectivity index (χ1v) is 12.5. The molecule has 0 aromatic rings. The van der Waals surface area contributed by atoms with Crippen LogP contribution in [0.2, 0.25) is 0 Å². The molecule has 30 heavy (non-hydrogen) atoms. The van der Waals surface area contributed by atoms with Crippen LogP contribution in [-0.2, 0) is 9.53 Å². The first-order valence-electron chi connectivity index (χ1n) is 12.5. The summed E-state index contributed by atoms with van der Waals surface area (Å²) in [6.45, 7) is 9.85. The number of allylic oxidation sites excluding steroid dienone is 4. The zero-order valence-electron chi connectivity index (χ0n) is 19.3. The molecule has 5 aliphatic rings. The van der Waals surface area contributed by atoms with Crippen LogP contribution in [0.25, 0.3) is 0 Å². The standard InChI is InChI=1S/C27H40O3/c1-17(2)9-14-27(29)18(3)22-7-8-24-21-6-5-19-15-20(28)10-12-25(19,4)23(21)11-13-26(22,24)16-30-27/h10,12,15,17-18,21-24,29H,5-9,11,13-14,16H2,1-4H3/t18-,21+,22+,23-,24-,25+,26-,27+/m0/s1.